The molecule has 1 aromatic carbocycles. The van der Waals surface area contributed by atoms with Gasteiger partial charge in [0.1, 0.15) is 23.6 Å². The summed E-state index contributed by atoms with van der Waals surface area (Å²) >= 11 is 0.955. The Morgan fingerprint density at radius 2 is 1.83 bits per heavy atom. The monoisotopic (exact) mass is 439 g/mol. The fourth-order valence-corrected chi connectivity index (χ4v) is 4.09. The largest absolute Gasteiger partial charge is 0.416 e. The molecule has 0 spiro atoms. The highest BCUT2D eigenvalue weighted by atomic mass is 32.2. The van der Waals surface area contributed by atoms with Crippen LogP contribution >= 0.6 is 11.8 Å². The lowest BCUT2D eigenvalue weighted by atomic mass is 9.89. The molecule has 0 amide bonds. The molecule has 4 nitrogen and oxygen atoms in total. The van der Waals surface area contributed by atoms with Crippen molar-refractivity contribution in [1.82, 2.24) is 0 Å². The summed E-state index contributed by atoms with van der Waals surface area (Å²) in [6.45, 7) is 4.29. The summed E-state index contributed by atoms with van der Waals surface area (Å²) < 4.78 is 54.2. The van der Waals surface area contributed by atoms with E-state index in [1.54, 1.807) is 19.9 Å². The van der Waals surface area contributed by atoms with Crippen LogP contribution in [0.3, 0.4) is 0 Å². The molecule has 1 aliphatic carbocycles. The Labute approximate surface area is 174 Å². The molecule has 30 heavy (non-hydrogen) atoms. The number of nitrogens with zero attached hydrogens (tertiary/aromatic N) is 1. The highest BCUT2D eigenvalue weighted by Crippen LogP contribution is 2.37. The molecular weight excluding hydrogens is 422 g/mol. The lowest BCUT2D eigenvalue weighted by molar-refractivity contribution is -0.124. The predicted molar refractivity (Wildman–Crippen MR) is 102 cm³/mol. The topological polar surface area (TPSA) is 75.0 Å². The Balaban J connectivity index is 2.60. The molecule has 9 heteroatoms. The first-order valence-electron chi connectivity index (χ1n) is 8.88. The number of halogens is 4. The van der Waals surface area contributed by atoms with E-state index < -0.39 is 51.4 Å². The van der Waals surface area contributed by atoms with E-state index >= 15 is 0 Å². The van der Waals surface area contributed by atoms with Gasteiger partial charge in [0.2, 0.25) is 0 Å². The van der Waals surface area contributed by atoms with Gasteiger partial charge in [-0.3, -0.25) is 14.4 Å². The van der Waals surface area contributed by atoms with Gasteiger partial charge in [-0.15, -0.1) is 11.8 Å². The molecule has 2 atom stereocenters. The molecule has 0 aromatic heterocycles. The Kier molecular flexibility index (Phi) is 7.03. The van der Waals surface area contributed by atoms with Crippen molar-refractivity contribution in [2.24, 2.45) is 0 Å². The fraction of sp³-hybridized carbons (Fsp3) is 0.333. The highest BCUT2D eigenvalue weighted by molar-refractivity contribution is 8.00. The highest BCUT2D eigenvalue weighted by Gasteiger charge is 2.40. The quantitative estimate of drug-likeness (QED) is 0.373. The van der Waals surface area contributed by atoms with Gasteiger partial charge in [-0.05, 0) is 43.7 Å². The van der Waals surface area contributed by atoms with Crippen LogP contribution in [0.15, 0.2) is 40.3 Å². The minimum Gasteiger partial charge on any atom is -0.298 e. The maximum atomic E-state index is 14.7. The summed E-state index contributed by atoms with van der Waals surface area (Å²) in [6.07, 6.45) is -3.65. The van der Waals surface area contributed by atoms with Crippen LogP contribution in [0.5, 0.6) is 0 Å². The van der Waals surface area contributed by atoms with Crippen LogP contribution in [0.1, 0.15) is 44.2 Å². The minimum absolute atomic E-state index is 0.108. The molecule has 0 bridgehead atoms. The van der Waals surface area contributed by atoms with Gasteiger partial charge in [-0.1, -0.05) is 6.92 Å². The number of Topliss-reactive ketones (excluding diaryl/α,β-unsaturated/α-hetero) is 1. The summed E-state index contributed by atoms with van der Waals surface area (Å²) in [6, 6.07) is 3.69. The first kappa shape index (κ1) is 23.5. The molecule has 0 aliphatic heterocycles. The molecule has 1 aliphatic rings. The molecule has 0 radical (unpaired) electrons. The molecule has 0 heterocycles. The zero-order chi connectivity index (χ0) is 22.8. The second-order valence-electron chi connectivity index (χ2n) is 6.68. The molecule has 1 aromatic rings. The summed E-state index contributed by atoms with van der Waals surface area (Å²) in [7, 11) is 0. The molecule has 158 valence electrons. The minimum atomic E-state index is -4.86. The van der Waals surface area contributed by atoms with E-state index in [0.717, 1.165) is 30.8 Å². The summed E-state index contributed by atoms with van der Waals surface area (Å²) in [5.74, 6) is -5.22. The van der Waals surface area contributed by atoms with E-state index in [0.29, 0.717) is 12.2 Å². The standard InChI is InChI=1S/C21H17F4NO3S/c1-4-16(27)11(3)30-19-7-13(15(22)6-12(19)9-26)20-17(28)5-10(2)14(8-18(20)29)21(23,24)25/h5-8,11,20H,4H2,1-3H3. The number of carbonyl (C=O) groups is 3. The van der Waals surface area contributed by atoms with Gasteiger partial charge in [0, 0.05) is 16.9 Å². The summed E-state index contributed by atoms with van der Waals surface area (Å²) in [5.41, 5.74) is -2.27. The van der Waals surface area contributed by atoms with E-state index in [4.69, 9.17) is 0 Å². The van der Waals surface area contributed by atoms with Gasteiger partial charge in [-0.25, -0.2) is 4.39 Å². The molecule has 0 saturated heterocycles. The van der Waals surface area contributed by atoms with Gasteiger partial charge in [-0.2, -0.15) is 18.4 Å². The first-order valence-corrected chi connectivity index (χ1v) is 9.76. The molecular formula is C21H17F4NO3S. The Morgan fingerprint density at radius 3 is 2.37 bits per heavy atom. The third-order valence-electron chi connectivity index (χ3n) is 4.58. The maximum absolute atomic E-state index is 14.7. The van der Waals surface area contributed by atoms with Gasteiger partial charge in [0.05, 0.1) is 16.4 Å². The van der Waals surface area contributed by atoms with Crippen molar-refractivity contribution in [1.29, 1.82) is 5.26 Å². The van der Waals surface area contributed by atoms with E-state index in [1.807, 2.05) is 0 Å². The second kappa shape index (κ2) is 8.96. The van der Waals surface area contributed by atoms with Crippen molar-refractivity contribution in [3.63, 3.8) is 0 Å². The van der Waals surface area contributed by atoms with Crippen molar-refractivity contribution in [2.75, 3.05) is 0 Å². The maximum Gasteiger partial charge on any atom is 0.416 e. The lowest BCUT2D eigenvalue weighted by Crippen LogP contribution is -2.20. The second-order valence-corrected chi connectivity index (χ2v) is 8.07. The van der Waals surface area contributed by atoms with Crippen LogP contribution in [-0.2, 0) is 14.4 Å². The number of carbonyl (C=O) groups excluding carboxylic acids is 3. The van der Waals surface area contributed by atoms with E-state index in [-0.39, 0.29) is 22.7 Å². The van der Waals surface area contributed by atoms with Gasteiger partial charge < -0.3 is 0 Å². The number of hydrogen-bond donors (Lipinski definition) is 0. The first-order chi connectivity index (χ1) is 13.9. The fourth-order valence-electron chi connectivity index (χ4n) is 2.98. The molecule has 2 unspecified atom stereocenters. The zero-order valence-electron chi connectivity index (χ0n) is 16.3. The number of ketones is 3. The third-order valence-corrected chi connectivity index (χ3v) is 5.79. The van der Waals surface area contributed by atoms with Gasteiger partial charge in [0.25, 0.3) is 0 Å². The average molecular weight is 439 g/mol. The molecule has 0 N–H and O–H groups in total. The van der Waals surface area contributed by atoms with Crippen LogP contribution < -0.4 is 0 Å². The lowest BCUT2D eigenvalue weighted by Gasteiger charge is -2.16. The van der Waals surface area contributed by atoms with Crippen LogP contribution in [-0.4, -0.2) is 28.8 Å². The number of benzene rings is 1. The van der Waals surface area contributed by atoms with Crippen LogP contribution in [0.2, 0.25) is 0 Å². The SMILES string of the molecule is CCC(=O)C(C)Sc1cc(C2C(=O)C=C(C)C(C(F)(F)F)=CC2=O)c(F)cc1C#N. The van der Waals surface area contributed by atoms with Gasteiger partial charge >= 0.3 is 6.18 Å². The molecule has 0 saturated carbocycles. The van der Waals surface area contributed by atoms with E-state index in [9.17, 15) is 37.2 Å². The van der Waals surface area contributed by atoms with Gasteiger partial charge in [0.15, 0.2) is 11.6 Å². The molecule has 0 fully saturated rings. The van der Waals surface area contributed by atoms with E-state index in [1.165, 1.54) is 0 Å². The Hall–Kier alpha value is -2.73. The number of alkyl halides is 3. The van der Waals surface area contributed by atoms with Crippen molar-refractivity contribution < 1.29 is 31.9 Å². The predicted octanol–water partition coefficient (Wildman–Crippen LogP) is 4.83. The number of nitriles is 1. The van der Waals surface area contributed by atoms with Crippen molar-refractivity contribution in [2.45, 2.75) is 49.4 Å². The van der Waals surface area contributed by atoms with Crippen LogP contribution in [0.4, 0.5) is 17.6 Å². The Morgan fingerprint density at radius 1 is 1.23 bits per heavy atom. The number of thioether (sulfide) groups is 1. The van der Waals surface area contributed by atoms with Crippen molar-refractivity contribution >= 4 is 29.1 Å². The number of hydrogen-bond acceptors (Lipinski definition) is 5. The summed E-state index contributed by atoms with van der Waals surface area (Å²) in [5, 5.41) is 8.68. The molecule has 2 rings (SSSR count). The van der Waals surface area contributed by atoms with Crippen molar-refractivity contribution in [3.05, 3.63) is 52.4 Å². The van der Waals surface area contributed by atoms with Crippen LogP contribution in [0.25, 0.3) is 0 Å². The number of allylic oxidation sites excluding steroid dienone is 4. The average Bonchev–Trinajstić information content (AvgIpc) is 2.77. The van der Waals surface area contributed by atoms with E-state index in [2.05, 4.69) is 0 Å². The third kappa shape index (κ3) is 4.87. The zero-order valence-corrected chi connectivity index (χ0v) is 17.1. The smallest absolute Gasteiger partial charge is 0.298 e. The normalized spacial score (nSPS) is 18.3. The number of rotatable bonds is 5. The van der Waals surface area contributed by atoms with Crippen LogP contribution in [0, 0.1) is 17.1 Å². The Bertz CT molecular complexity index is 1020. The summed E-state index contributed by atoms with van der Waals surface area (Å²) in [4.78, 5) is 37.0. The van der Waals surface area contributed by atoms with Crippen molar-refractivity contribution in [3.8, 4) is 6.07 Å².